The number of amides is 3. The average Bonchev–Trinajstić information content (AvgIpc) is 2.69. The minimum atomic E-state index is -0.542. The molecule has 0 aromatic heterocycles. The summed E-state index contributed by atoms with van der Waals surface area (Å²) in [4.78, 5) is 28.8. The van der Waals surface area contributed by atoms with Gasteiger partial charge in [-0.1, -0.05) is 25.3 Å². The molecule has 152 valence electrons. The zero-order valence-corrected chi connectivity index (χ0v) is 16.3. The van der Waals surface area contributed by atoms with E-state index in [1.54, 1.807) is 17.0 Å². The lowest BCUT2D eigenvalue weighted by atomic mass is 9.72. The first-order valence-corrected chi connectivity index (χ1v) is 10.2. The van der Waals surface area contributed by atoms with E-state index in [4.69, 9.17) is 4.74 Å². The molecule has 3 fully saturated rings. The molecular weight excluding hydrogens is 361 g/mol. The number of piperidine rings is 1. The third-order valence-corrected chi connectivity index (χ3v) is 6.53. The van der Waals surface area contributed by atoms with Gasteiger partial charge in [0.25, 0.3) is 5.91 Å². The fourth-order valence-electron chi connectivity index (χ4n) is 5.03. The first-order valence-electron chi connectivity index (χ1n) is 10.2. The smallest absolute Gasteiger partial charge is 0.317 e. The average molecular weight is 389 g/mol. The molecule has 6 nitrogen and oxygen atoms in total. The number of carbonyl (C=O) groups excluding carboxylic acids is 2. The monoisotopic (exact) mass is 389 g/mol. The highest BCUT2D eigenvalue weighted by atomic mass is 19.1. The van der Waals surface area contributed by atoms with Crippen LogP contribution in [0.5, 0.6) is 0 Å². The van der Waals surface area contributed by atoms with E-state index in [0.717, 1.165) is 12.8 Å². The van der Waals surface area contributed by atoms with Gasteiger partial charge in [0, 0.05) is 31.9 Å². The number of nitrogens with one attached hydrogen (secondary N) is 1. The first-order chi connectivity index (χ1) is 13.5. The summed E-state index contributed by atoms with van der Waals surface area (Å²) in [6, 6.07) is 6.37. The number of halogens is 1. The molecule has 3 aliphatic rings. The Labute approximate surface area is 165 Å². The van der Waals surface area contributed by atoms with Crippen LogP contribution in [0.25, 0.3) is 0 Å². The van der Waals surface area contributed by atoms with Gasteiger partial charge in [-0.15, -0.1) is 0 Å². The Balaban J connectivity index is 1.44. The standard InChI is InChI=1S/C21H28FN3O3/c1-28-18-19(26)25(17-9-5-6-15(22)14-17)21(18)10-12-24(13-11-21)20(27)23-16-7-3-2-4-8-16/h5-6,9,14,16,18H,2-4,7-8,10-13H2,1H3,(H,23,27). The summed E-state index contributed by atoms with van der Waals surface area (Å²) in [5, 5.41) is 3.16. The second-order valence-corrected chi connectivity index (χ2v) is 8.14. The Hall–Kier alpha value is -2.15. The van der Waals surface area contributed by atoms with Crippen molar-refractivity contribution in [3.05, 3.63) is 30.1 Å². The van der Waals surface area contributed by atoms with E-state index in [0.29, 0.717) is 31.6 Å². The number of ether oxygens (including phenoxy) is 1. The van der Waals surface area contributed by atoms with Gasteiger partial charge < -0.3 is 19.9 Å². The van der Waals surface area contributed by atoms with Crippen molar-refractivity contribution in [2.75, 3.05) is 25.1 Å². The highest BCUT2D eigenvalue weighted by Gasteiger charge is 2.62. The topological polar surface area (TPSA) is 61.9 Å². The van der Waals surface area contributed by atoms with Crippen molar-refractivity contribution in [3.63, 3.8) is 0 Å². The van der Waals surface area contributed by atoms with Gasteiger partial charge in [-0.25, -0.2) is 9.18 Å². The molecule has 2 saturated heterocycles. The minimum Gasteiger partial charge on any atom is -0.369 e. The SMILES string of the molecule is COC1C(=O)N(c2cccc(F)c2)C12CCN(C(=O)NC1CCCCC1)CC2. The lowest BCUT2D eigenvalue weighted by Gasteiger charge is -2.59. The lowest BCUT2D eigenvalue weighted by molar-refractivity contribution is -0.150. The van der Waals surface area contributed by atoms with Gasteiger partial charge >= 0.3 is 6.03 Å². The molecule has 1 saturated carbocycles. The molecular formula is C21H28FN3O3. The molecule has 1 atom stereocenters. The molecule has 1 spiro atoms. The van der Waals surface area contributed by atoms with Crippen molar-refractivity contribution in [2.24, 2.45) is 0 Å². The number of β-lactam (4-membered cyclic amide) rings is 1. The third-order valence-electron chi connectivity index (χ3n) is 6.53. The molecule has 1 unspecified atom stereocenters. The number of hydrogen-bond donors (Lipinski definition) is 1. The van der Waals surface area contributed by atoms with Crippen LogP contribution in [0.15, 0.2) is 24.3 Å². The molecule has 7 heteroatoms. The van der Waals surface area contributed by atoms with E-state index in [2.05, 4.69) is 5.32 Å². The van der Waals surface area contributed by atoms with Crippen LogP contribution in [0.1, 0.15) is 44.9 Å². The minimum absolute atomic E-state index is 0.0151. The molecule has 2 heterocycles. The van der Waals surface area contributed by atoms with E-state index in [-0.39, 0.29) is 23.8 Å². The molecule has 0 bridgehead atoms. The van der Waals surface area contributed by atoms with E-state index >= 15 is 0 Å². The van der Waals surface area contributed by atoms with E-state index < -0.39 is 11.6 Å². The Kier molecular flexibility index (Phi) is 5.27. The molecule has 2 aliphatic heterocycles. The highest BCUT2D eigenvalue weighted by Crippen LogP contribution is 2.45. The summed E-state index contributed by atoms with van der Waals surface area (Å²) in [6.45, 7) is 1.11. The summed E-state index contributed by atoms with van der Waals surface area (Å²) in [5.74, 6) is -0.515. The second-order valence-electron chi connectivity index (χ2n) is 8.14. The van der Waals surface area contributed by atoms with Crippen LogP contribution in [0.4, 0.5) is 14.9 Å². The van der Waals surface area contributed by atoms with Crippen LogP contribution in [-0.4, -0.2) is 54.7 Å². The number of benzene rings is 1. The summed E-state index contributed by atoms with van der Waals surface area (Å²) in [5.41, 5.74) is 0.0414. The lowest BCUT2D eigenvalue weighted by Crippen LogP contribution is -2.78. The molecule has 1 aromatic carbocycles. The number of hydrogen-bond acceptors (Lipinski definition) is 3. The van der Waals surface area contributed by atoms with E-state index in [9.17, 15) is 14.0 Å². The predicted molar refractivity (Wildman–Crippen MR) is 104 cm³/mol. The zero-order valence-electron chi connectivity index (χ0n) is 16.3. The molecule has 1 aromatic rings. The van der Waals surface area contributed by atoms with Crippen LogP contribution < -0.4 is 10.2 Å². The largest absolute Gasteiger partial charge is 0.369 e. The highest BCUT2D eigenvalue weighted by molar-refractivity contribution is 6.06. The maximum atomic E-state index is 13.7. The van der Waals surface area contributed by atoms with Gasteiger partial charge in [0.2, 0.25) is 0 Å². The maximum Gasteiger partial charge on any atom is 0.317 e. The number of anilines is 1. The van der Waals surface area contributed by atoms with Crippen molar-refractivity contribution in [1.29, 1.82) is 0 Å². The Morgan fingerprint density at radius 1 is 1.21 bits per heavy atom. The van der Waals surface area contributed by atoms with Crippen molar-refractivity contribution < 1.29 is 18.7 Å². The quantitative estimate of drug-likeness (QED) is 0.809. The summed E-state index contributed by atoms with van der Waals surface area (Å²) in [6.07, 6.45) is 6.40. The zero-order chi connectivity index (χ0) is 19.7. The Morgan fingerprint density at radius 2 is 1.93 bits per heavy atom. The summed E-state index contributed by atoms with van der Waals surface area (Å²) >= 11 is 0. The van der Waals surface area contributed by atoms with Crippen LogP contribution in [0, 0.1) is 5.82 Å². The van der Waals surface area contributed by atoms with E-state index in [1.165, 1.54) is 38.5 Å². The number of nitrogens with zero attached hydrogens (tertiary/aromatic N) is 2. The van der Waals surface area contributed by atoms with Gasteiger partial charge in [-0.3, -0.25) is 4.79 Å². The number of likely N-dealkylation sites (tertiary alicyclic amines) is 1. The molecule has 4 rings (SSSR count). The van der Waals surface area contributed by atoms with Gasteiger partial charge in [-0.05, 0) is 43.9 Å². The van der Waals surface area contributed by atoms with Crippen LogP contribution in [0.2, 0.25) is 0 Å². The fourth-order valence-corrected chi connectivity index (χ4v) is 5.03. The summed E-state index contributed by atoms with van der Waals surface area (Å²) in [7, 11) is 1.54. The van der Waals surface area contributed by atoms with Crippen molar-refractivity contribution in [3.8, 4) is 0 Å². The number of methoxy groups -OCH3 is 1. The fraction of sp³-hybridized carbons (Fsp3) is 0.619. The normalized spacial score (nSPS) is 24.9. The van der Waals surface area contributed by atoms with E-state index in [1.807, 2.05) is 4.90 Å². The number of urea groups is 1. The second kappa shape index (κ2) is 7.70. The van der Waals surface area contributed by atoms with Gasteiger partial charge in [-0.2, -0.15) is 0 Å². The van der Waals surface area contributed by atoms with Crippen molar-refractivity contribution in [2.45, 2.75) is 62.6 Å². The molecule has 1 N–H and O–H groups in total. The molecule has 3 amide bonds. The maximum absolute atomic E-state index is 13.7. The van der Waals surface area contributed by atoms with Gasteiger partial charge in [0.15, 0.2) is 6.10 Å². The number of carbonyl (C=O) groups is 2. The third kappa shape index (κ3) is 3.26. The number of rotatable bonds is 3. The van der Waals surface area contributed by atoms with Crippen LogP contribution in [0.3, 0.4) is 0 Å². The van der Waals surface area contributed by atoms with Crippen LogP contribution >= 0.6 is 0 Å². The predicted octanol–water partition coefficient (Wildman–Crippen LogP) is 3.06. The molecule has 28 heavy (non-hydrogen) atoms. The van der Waals surface area contributed by atoms with Crippen LogP contribution in [-0.2, 0) is 9.53 Å². The summed E-state index contributed by atoms with van der Waals surface area (Å²) < 4.78 is 19.2. The Bertz CT molecular complexity index is 742. The van der Waals surface area contributed by atoms with Crippen molar-refractivity contribution >= 4 is 17.6 Å². The Morgan fingerprint density at radius 3 is 2.57 bits per heavy atom. The van der Waals surface area contributed by atoms with Crippen molar-refractivity contribution in [1.82, 2.24) is 10.2 Å². The van der Waals surface area contributed by atoms with Gasteiger partial charge in [0.05, 0.1) is 5.54 Å². The molecule has 0 radical (unpaired) electrons. The van der Waals surface area contributed by atoms with Gasteiger partial charge in [0.1, 0.15) is 5.82 Å². The first kappa shape index (κ1) is 19.2. The molecule has 1 aliphatic carbocycles.